The van der Waals surface area contributed by atoms with Gasteiger partial charge in [0.1, 0.15) is 6.54 Å². The molecule has 3 aromatic heterocycles. The topological polar surface area (TPSA) is 60.1 Å². The summed E-state index contributed by atoms with van der Waals surface area (Å²) in [5, 5.41) is 2.61. The van der Waals surface area contributed by atoms with Crippen LogP contribution in [0.3, 0.4) is 0 Å². The molecule has 0 radical (unpaired) electrons. The van der Waals surface area contributed by atoms with Crippen molar-refractivity contribution in [1.82, 2.24) is 19.0 Å². The number of hydrogen-bond donors (Lipinski definition) is 0. The van der Waals surface area contributed by atoms with Crippen molar-refractivity contribution in [3.05, 3.63) is 51.0 Å². The first-order chi connectivity index (χ1) is 11.1. The summed E-state index contributed by atoms with van der Waals surface area (Å²) in [5.74, 6) is -0.0407. The Morgan fingerprint density at radius 1 is 1.39 bits per heavy atom. The lowest BCUT2D eigenvalue weighted by atomic mass is 10.1. The lowest BCUT2D eigenvalue weighted by Crippen LogP contribution is -2.39. The molecule has 1 aliphatic rings. The molecule has 0 saturated carbocycles. The van der Waals surface area contributed by atoms with Crippen LogP contribution in [0.5, 0.6) is 0 Å². The van der Waals surface area contributed by atoms with E-state index in [0.717, 1.165) is 6.42 Å². The normalized spacial score (nSPS) is 14.2. The molecule has 3 aromatic rings. The van der Waals surface area contributed by atoms with Gasteiger partial charge in [-0.3, -0.25) is 14.2 Å². The van der Waals surface area contributed by atoms with Crippen molar-refractivity contribution in [2.24, 2.45) is 7.05 Å². The molecule has 0 aromatic carbocycles. The van der Waals surface area contributed by atoms with E-state index in [0.29, 0.717) is 24.0 Å². The third-order valence-electron chi connectivity index (χ3n) is 4.23. The van der Waals surface area contributed by atoms with Crippen LogP contribution in [0, 0.1) is 0 Å². The van der Waals surface area contributed by atoms with Crippen molar-refractivity contribution in [3.63, 3.8) is 0 Å². The van der Waals surface area contributed by atoms with Crippen molar-refractivity contribution in [1.29, 1.82) is 0 Å². The van der Waals surface area contributed by atoms with E-state index in [-0.39, 0.29) is 18.0 Å². The maximum absolute atomic E-state index is 12.5. The standard InChI is InChI=1S/C16H16N4O2S/c1-18-7-12-13(8-18)17-10-20(16(12)22)9-15(21)19-4-2-14-11(6-19)3-5-23-14/h3,5,7-8,10H,2,4,6,9H2,1H3. The highest BCUT2D eigenvalue weighted by molar-refractivity contribution is 7.10. The number of carbonyl (C=O) groups is 1. The van der Waals surface area contributed by atoms with Gasteiger partial charge in [0.2, 0.25) is 5.91 Å². The second kappa shape index (κ2) is 5.34. The van der Waals surface area contributed by atoms with Crippen molar-refractivity contribution in [2.45, 2.75) is 19.5 Å². The van der Waals surface area contributed by atoms with Crippen LogP contribution in [0.15, 0.2) is 35.0 Å². The molecule has 0 aliphatic carbocycles. The number of aryl methyl sites for hydroxylation is 1. The molecule has 23 heavy (non-hydrogen) atoms. The Morgan fingerprint density at radius 3 is 3.13 bits per heavy atom. The van der Waals surface area contributed by atoms with E-state index in [2.05, 4.69) is 16.4 Å². The molecular weight excluding hydrogens is 312 g/mol. The Morgan fingerprint density at radius 2 is 2.26 bits per heavy atom. The number of aromatic nitrogens is 3. The monoisotopic (exact) mass is 328 g/mol. The highest BCUT2D eigenvalue weighted by Gasteiger charge is 2.22. The van der Waals surface area contributed by atoms with Crippen LogP contribution in [0.2, 0.25) is 0 Å². The van der Waals surface area contributed by atoms with Crippen LogP contribution in [-0.2, 0) is 31.4 Å². The van der Waals surface area contributed by atoms with Crippen LogP contribution in [0.25, 0.3) is 10.9 Å². The highest BCUT2D eigenvalue weighted by Crippen LogP contribution is 2.24. The summed E-state index contributed by atoms with van der Waals surface area (Å²) in [7, 11) is 1.85. The first kappa shape index (κ1) is 14.2. The first-order valence-electron chi connectivity index (χ1n) is 7.46. The largest absolute Gasteiger partial charge is 0.354 e. The zero-order valence-corrected chi connectivity index (χ0v) is 13.5. The molecule has 0 unspecified atom stereocenters. The molecule has 0 bridgehead atoms. The lowest BCUT2D eigenvalue weighted by molar-refractivity contribution is -0.132. The van der Waals surface area contributed by atoms with Crippen LogP contribution >= 0.6 is 11.3 Å². The molecule has 0 spiro atoms. The predicted molar refractivity (Wildman–Crippen MR) is 88.4 cm³/mol. The summed E-state index contributed by atoms with van der Waals surface area (Å²) in [6, 6.07) is 2.07. The van der Waals surface area contributed by atoms with E-state index in [4.69, 9.17) is 0 Å². The highest BCUT2D eigenvalue weighted by atomic mass is 32.1. The van der Waals surface area contributed by atoms with E-state index in [9.17, 15) is 9.59 Å². The minimum absolute atomic E-state index is 0.0378. The zero-order chi connectivity index (χ0) is 16.0. The Labute approximate surface area is 136 Å². The quantitative estimate of drug-likeness (QED) is 0.714. The summed E-state index contributed by atoms with van der Waals surface area (Å²) in [6.07, 6.45) is 5.89. The number of hydrogen-bond acceptors (Lipinski definition) is 4. The van der Waals surface area contributed by atoms with Gasteiger partial charge >= 0.3 is 0 Å². The van der Waals surface area contributed by atoms with Crippen molar-refractivity contribution >= 4 is 28.1 Å². The third-order valence-corrected chi connectivity index (χ3v) is 5.25. The molecule has 0 fully saturated rings. The van der Waals surface area contributed by atoms with E-state index in [1.165, 1.54) is 21.3 Å². The number of thiophene rings is 1. The molecule has 0 atom stereocenters. The van der Waals surface area contributed by atoms with Crippen LogP contribution in [-0.4, -0.2) is 31.5 Å². The third kappa shape index (κ3) is 2.46. The van der Waals surface area contributed by atoms with Crippen LogP contribution in [0.4, 0.5) is 0 Å². The molecule has 7 heteroatoms. The average Bonchev–Trinajstić information content (AvgIpc) is 3.15. The van der Waals surface area contributed by atoms with Crippen molar-refractivity contribution < 1.29 is 4.79 Å². The van der Waals surface area contributed by atoms with Gasteiger partial charge in [0.05, 0.1) is 17.2 Å². The van der Waals surface area contributed by atoms with Gasteiger partial charge in [0, 0.05) is 37.4 Å². The fourth-order valence-electron chi connectivity index (χ4n) is 3.00. The number of amides is 1. The summed E-state index contributed by atoms with van der Waals surface area (Å²) in [5.41, 5.74) is 1.71. The van der Waals surface area contributed by atoms with Gasteiger partial charge in [-0.25, -0.2) is 4.98 Å². The lowest BCUT2D eigenvalue weighted by Gasteiger charge is -2.27. The number of carbonyl (C=O) groups excluding carboxylic acids is 1. The molecule has 0 N–H and O–H groups in total. The molecule has 1 aliphatic heterocycles. The summed E-state index contributed by atoms with van der Waals surface area (Å²) in [4.78, 5) is 32.4. The molecule has 0 saturated heterocycles. The fourth-order valence-corrected chi connectivity index (χ4v) is 3.89. The maximum atomic E-state index is 12.5. The van der Waals surface area contributed by atoms with Gasteiger partial charge in [-0.15, -0.1) is 11.3 Å². The minimum Gasteiger partial charge on any atom is -0.354 e. The SMILES string of the molecule is Cn1cc2ncn(CC(=O)N3CCc4sccc4C3)c(=O)c2c1. The smallest absolute Gasteiger partial charge is 0.263 e. The Bertz CT molecular complexity index is 953. The second-order valence-corrected chi connectivity index (χ2v) is 6.84. The van der Waals surface area contributed by atoms with E-state index < -0.39 is 0 Å². The van der Waals surface area contributed by atoms with Crippen molar-refractivity contribution in [3.8, 4) is 0 Å². The van der Waals surface area contributed by atoms with Gasteiger partial charge in [0.25, 0.3) is 5.56 Å². The Hall–Kier alpha value is -2.41. The summed E-state index contributed by atoms with van der Waals surface area (Å²) < 4.78 is 3.20. The molecule has 6 nitrogen and oxygen atoms in total. The average molecular weight is 328 g/mol. The molecule has 1 amide bonds. The number of fused-ring (bicyclic) bond motifs is 2. The van der Waals surface area contributed by atoms with Gasteiger partial charge in [-0.05, 0) is 23.4 Å². The number of rotatable bonds is 2. The van der Waals surface area contributed by atoms with Crippen LogP contribution < -0.4 is 5.56 Å². The molecule has 4 heterocycles. The summed E-state index contributed by atoms with van der Waals surface area (Å²) in [6.45, 7) is 1.38. The predicted octanol–water partition coefficient (Wildman–Crippen LogP) is 1.38. The van der Waals surface area contributed by atoms with E-state index in [1.807, 2.05) is 11.9 Å². The fraction of sp³-hybridized carbons (Fsp3) is 0.312. The van der Waals surface area contributed by atoms with E-state index >= 15 is 0 Å². The Balaban J connectivity index is 1.57. The maximum Gasteiger partial charge on any atom is 0.263 e. The van der Waals surface area contributed by atoms with Gasteiger partial charge in [-0.2, -0.15) is 0 Å². The van der Waals surface area contributed by atoms with Gasteiger partial charge in [0.15, 0.2) is 0 Å². The van der Waals surface area contributed by atoms with Crippen LogP contribution in [0.1, 0.15) is 10.4 Å². The molecule has 118 valence electrons. The minimum atomic E-state index is -0.169. The molecular formula is C16H16N4O2S. The zero-order valence-electron chi connectivity index (χ0n) is 12.7. The van der Waals surface area contributed by atoms with Gasteiger partial charge in [-0.1, -0.05) is 0 Å². The first-order valence-corrected chi connectivity index (χ1v) is 8.34. The Kier molecular flexibility index (Phi) is 3.30. The summed E-state index contributed by atoms with van der Waals surface area (Å²) >= 11 is 1.74. The number of nitrogens with zero attached hydrogens (tertiary/aromatic N) is 4. The molecule has 4 rings (SSSR count). The van der Waals surface area contributed by atoms with E-state index in [1.54, 1.807) is 28.3 Å². The second-order valence-electron chi connectivity index (χ2n) is 5.83. The van der Waals surface area contributed by atoms with Crippen molar-refractivity contribution in [2.75, 3.05) is 6.54 Å². The van der Waals surface area contributed by atoms with Gasteiger partial charge < -0.3 is 9.47 Å².